The number of nitrogens with zero attached hydrogens (tertiary/aromatic N) is 4. The van der Waals surface area contributed by atoms with Crippen LogP contribution in [0.3, 0.4) is 0 Å². The zero-order valence-corrected chi connectivity index (χ0v) is 11.3. The lowest BCUT2D eigenvalue weighted by Gasteiger charge is -2.10. The van der Waals surface area contributed by atoms with Gasteiger partial charge in [0.1, 0.15) is 0 Å². The van der Waals surface area contributed by atoms with Crippen LogP contribution >= 0.6 is 0 Å². The molecule has 0 spiro atoms. The van der Waals surface area contributed by atoms with E-state index in [4.69, 9.17) is 9.47 Å². The molecule has 1 N–H and O–H groups in total. The van der Waals surface area contributed by atoms with Crippen LogP contribution in [-0.4, -0.2) is 48.0 Å². The number of ether oxygens (including phenoxy) is 2. The van der Waals surface area contributed by atoms with Crippen molar-refractivity contribution >= 4 is 0 Å². The smallest absolute Gasteiger partial charge is 0.162 e. The molecular formula is C12H17N5O2. The summed E-state index contributed by atoms with van der Waals surface area (Å²) in [6.45, 7) is 0.813. The van der Waals surface area contributed by atoms with E-state index < -0.39 is 0 Å². The normalized spacial score (nSPS) is 10.5. The van der Waals surface area contributed by atoms with E-state index in [1.807, 2.05) is 25.2 Å². The first kappa shape index (κ1) is 13.3. The number of hydrogen-bond acceptors (Lipinski definition) is 6. The second-order valence-corrected chi connectivity index (χ2v) is 3.90. The molecule has 0 radical (unpaired) electrons. The Morgan fingerprint density at radius 3 is 2.68 bits per heavy atom. The Labute approximate surface area is 111 Å². The van der Waals surface area contributed by atoms with E-state index in [1.165, 1.54) is 0 Å². The van der Waals surface area contributed by atoms with Gasteiger partial charge in [0.15, 0.2) is 17.3 Å². The second kappa shape index (κ2) is 6.14. The third kappa shape index (κ3) is 2.82. The molecule has 0 bridgehead atoms. The zero-order chi connectivity index (χ0) is 13.7. The van der Waals surface area contributed by atoms with Crippen molar-refractivity contribution in [3.8, 4) is 17.2 Å². The first-order valence-corrected chi connectivity index (χ1v) is 5.94. The van der Waals surface area contributed by atoms with Crippen molar-refractivity contribution in [2.75, 3.05) is 27.8 Å². The maximum Gasteiger partial charge on any atom is 0.162 e. The van der Waals surface area contributed by atoms with Crippen LogP contribution < -0.4 is 14.8 Å². The van der Waals surface area contributed by atoms with Crippen molar-refractivity contribution in [1.82, 2.24) is 25.5 Å². The number of hydrogen-bond donors (Lipinski definition) is 1. The molecule has 0 saturated carbocycles. The number of aromatic nitrogens is 4. The molecule has 2 rings (SSSR count). The highest BCUT2D eigenvalue weighted by Gasteiger charge is 2.11. The van der Waals surface area contributed by atoms with Gasteiger partial charge in [-0.05, 0) is 29.6 Å². The predicted octanol–water partition coefficient (Wildman–Crippen LogP) is 0.441. The van der Waals surface area contributed by atoms with Crippen LogP contribution in [0.5, 0.6) is 11.5 Å². The van der Waals surface area contributed by atoms with Gasteiger partial charge in [0.25, 0.3) is 0 Å². The van der Waals surface area contributed by atoms with E-state index in [1.54, 1.807) is 18.9 Å². The van der Waals surface area contributed by atoms with Gasteiger partial charge in [-0.3, -0.25) is 0 Å². The SMILES string of the molecule is CNCCc1nnnn1-c1ccc(OC)c(OC)c1. The van der Waals surface area contributed by atoms with Crippen molar-refractivity contribution in [1.29, 1.82) is 0 Å². The lowest BCUT2D eigenvalue weighted by atomic mass is 10.2. The highest BCUT2D eigenvalue weighted by molar-refractivity contribution is 5.48. The summed E-state index contributed by atoms with van der Waals surface area (Å²) in [7, 11) is 5.10. The topological polar surface area (TPSA) is 74.1 Å². The largest absolute Gasteiger partial charge is 0.493 e. The van der Waals surface area contributed by atoms with Gasteiger partial charge in [-0.1, -0.05) is 0 Å². The lowest BCUT2D eigenvalue weighted by molar-refractivity contribution is 0.354. The molecule has 1 aromatic carbocycles. The number of rotatable bonds is 6. The molecule has 0 aliphatic carbocycles. The molecule has 0 atom stereocenters. The van der Waals surface area contributed by atoms with Crippen molar-refractivity contribution in [3.05, 3.63) is 24.0 Å². The quantitative estimate of drug-likeness (QED) is 0.815. The number of benzene rings is 1. The van der Waals surface area contributed by atoms with E-state index in [-0.39, 0.29) is 0 Å². The van der Waals surface area contributed by atoms with Crippen molar-refractivity contribution in [2.45, 2.75) is 6.42 Å². The fourth-order valence-electron chi connectivity index (χ4n) is 1.76. The number of nitrogens with one attached hydrogen (secondary N) is 1. The molecule has 2 aromatic rings. The maximum absolute atomic E-state index is 5.28. The van der Waals surface area contributed by atoms with Gasteiger partial charge in [-0.15, -0.1) is 5.10 Å². The average Bonchev–Trinajstić information content (AvgIpc) is 2.92. The second-order valence-electron chi connectivity index (χ2n) is 3.90. The molecule has 0 fully saturated rings. The van der Waals surface area contributed by atoms with Gasteiger partial charge in [0.2, 0.25) is 0 Å². The van der Waals surface area contributed by atoms with Crippen LogP contribution in [0.15, 0.2) is 18.2 Å². The van der Waals surface area contributed by atoms with Crippen molar-refractivity contribution in [3.63, 3.8) is 0 Å². The van der Waals surface area contributed by atoms with Crippen LogP contribution in [-0.2, 0) is 6.42 Å². The Balaban J connectivity index is 2.33. The summed E-state index contributed by atoms with van der Waals surface area (Å²) in [4.78, 5) is 0. The first-order chi connectivity index (χ1) is 9.30. The Kier molecular flexibility index (Phi) is 4.30. The van der Waals surface area contributed by atoms with Gasteiger partial charge in [-0.25, -0.2) is 0 Å². The molecule has 102 valence electrons. The average molecular weight is 263 g/mol. The molecular weight excluding hydrogens is 246 g/mol. The summed E-state index contributed by atoms with van der Waals surface area (Å²) in [6.07, 6.45) is 0.748. The molecule has 0 aliphatic rings. The summed E-state index contributed by atoms with van der Waals surface area (Å²) in [5.41, 5.74) is 0.841. The van der Waals surface area contributed by atoms with Crippen LogP contribution in [0.1, 0.15) is 5.82 Å². The summed E-state index contributed by atoms with van der Waals surface area (Å²) in [5, 5.41) is 14.8. The van der Waals surface area contributed by atoms with Crippen LogP contribution in [0.4, 0.5) is 0 Å². The fourth-order valence-corrected chi connectivity index (χ4v) is 1.76. The van der Waals surface area contributed by atoms with Gasteiger partial charge in [-0.2, -0.15) is 4.68 Å². The molecule has 7 nitrogen and oxygen atoms in total. The Morgan fingerprint density at radius 2 is 2.00 bits per heavy atom. The molecule has 1 aromatic heterocycles. The van der Waals surface area contributed by atoms with Gasteiger partial charge < -0.3 is 14.8 Å². The number of tetrazole rings is 1. The number of methoxy groups -OCH3 is 2. The summed E-state index contributed by atoms with van der Waals surface area (Å²) in [5.74, 6) is 2.12. The number of likely N-dealkylation sites (N-methyl/N-ethyl adjacent to an activating group) is 1. The van der Waals surface area contributed by atoms with E-state index in [9.17, 15) is 0 Å². The molecule has 0 saturated heterocycles. The van der Waals surface area contributed by atoms with E-state index in [0.29, 0.717) is 11.5 Å². The van der Waals surface area contributed by atoms with Gasteiger partial charge in [0, 0.05) is 19.0 Å². The minimum absolute atomic E-state index is 0.648. The molecule has 0 aliphatic heterocycles. The molecule has 0 amide bonds. The van der Waals surface area contributed by atoms with E-state index in [0.717, 1.165) is 24.5 Å². The highest BCUT2D eigenvalue weighted by atomic mass is 16.5. The Morgan fingerprint density at radius 1 is 1.21 bits per heavy atom. The third-order valence-electron chi connectivity index (χ3n) is 2.74. The van der Waals surface area contributed by atoms with E-state index >= 15 is 0 Å². The maximum atomic E-state index is 5.28. The standard InChI is InChI=1S/C12H17N5O2/c1-13-7-6-12-14-15-16-17(12)9-4-5-10(18-2)11(8-9)19-3/h4-5,8,13H,6-7H2,1-3H3. The third-order valence-corrected chi connectivity index (χ3v) is 2.74. The Bertz CT molecular complexity index is 541. The highest BCUT2D eigenvalue weighted by Crippen LogP contribution is 2.28. The monoisotopic (exact) mass is 263 g/mol. The molecule has 19 heavy (non-hydrogen) atoms. The fraction of sp³-hybridized carbons (Fsp3) is 0.417. The Hall–Kier alpha value is -2.15. The minimum atomic E-state index is 0.648. The van der Waals surface area contributed by atoms with Crippen LogP contribution in [0.25, 0.3) is 5.69 Å². The summed E-state index contributed by atoms with van der Waals surface area (Å²) < 4.78 is 12.2. The predicted molar refractivity (Wildman–Crippen MR) is 69.9 cm³/mol. The first-order valence-electron chi connectivity index (χ1n) is 5.94. The van der Waals surface area contributed by atoms with Gasteiger partial charge in [0.05, 0.1) is 19.9 Å². The summed E-state index contributed by atoms with van der Waals surface area (Å²) >= 11 is 0. The molecule has 0 unspecified atom stereocenters. The minimum Gasteiger partial charge on any atom is -0.493 e. The van der Waals surface area contributed by atoms with Crippen molar-refractivity contribution < 1.29 is 9.47 Å². The zero-order valence-electron chi connectivity index (χ0n) is 11.3. The van der Waals surface area contributed by atoms with Crippen molar-refractivity contribution in [2.24, 2.45) is 0 Å². The summed E-state index contributed by atoms with van der Waals surface area (Å²) in [6, 6.07) is 5.57. The van der Waals surface area contributed by atoms with Crippen LogP contribution in [0.2, 0.25) is 0 Å². The van der Waals surface area contributed by atoms with Gasteiger partial charge >= 0.3 is 0 Å². The molecule has 1 heterocycles. The lowest BCUT2D eigenvalue weighted by Crippen LogP contribution is -2.14. The molecule has 7 heteroatoms. The van der Waals surface area contributed by atoms with E-state index in [2.05, 4.69) is 20.8 Å². The van der Waals surface area contributed by atoms with Crippen LogP contribution in [0, 0.1) is 0 Å².